The molecule has 0 radical (unpaired) electrons. The molecule has 0 aliphatic heterocycles. The van der Waals surface area contributed by atoms with Crippen molar-refractivity contribution in [2.45, 2.75) is 15.9 Å². The number of benzene rings is 2. The number of halogens is 1. The first kappa shape index (κ1) is 19.6. The zero-order valence-electron chi connectivity index (χ0n) is 15.4. The Hall–Kier alpha value is -2.76. The first-order valence-electron chi connectivity index (χ1n) is 8.37. The summed E-state index contributed by atoms with van der Waals surface area (Å²) in [6, 6.07) is 10.3. The van der Waals surface area contributed by atoms with Gasteiger partial charge in [-0.25, -0.2) is 22.1 Å². The van der Waals surface area contributed by atoms with Crippen LogP contribution in [0.4, 0.5) is 4.39 Å². The molecule has 0 saturated heterocycles. The van der Waals surface area contributed by atoms with Crippen LogP contribution in [0.1, 0.15) is 5.89 Å². The zero-order valence-corrected chi connectivity index (χ0v) is 17.0. The Labute approximate surface area is 169 Å². The van der Waals surface area contributed by atoms with Gasteiger partial charge in [-0.05, 0) is 42.5 Å². The van der Waals surface area contributed by atoms with Crippen LogP contribution < -0.4 is 0 Å². The van der Waals surface area contributed by atoms with Crippen molar-refractivity contribution in [3.8, 4) is 11.4 Å². The van der Waals surface area contributed by atoms with E-state index >= 15 is 0 Å². The molecule has 150 valence electrons. The SMILES string of the molecule is CN(C)S(=O)(=O)c1ccc2oc(SCc3nc(-c4ccc(F)cc4)no3)nc2c1. The van der Waals surface area contributed by atoms with E-state index < -0.39 is 10.0 Å². The predicted octanol–water partition coefficient (Wildman–Crippen LogP) is 3.56. The molecule has 0 spiro atoms. The largest absolute Gasteiger partial charge is 0.431 e. The van der Waals surface area contributed by atoms with Gasteiger partial charge in [-0.1, -0.05) is 16.9 Å². The Kier molecular flexibility index (Phi) is 5.11. The van der Waals surface area contributed by atoms with Crippen molar-refractivity contribution in [1.82, 2.24) is 19.4 Å². The molecule has 0 fully saturated rings. The number of sulfonamides is 1. The third-order valence-corrected chi connectivity index (χ3v) is 6.63. The van der Waals surface area contributed by atoms with Crippen LogP contribution in [0, 0.1) is 5.82 Å². The molecule has 4 aromatic rings. The molecular weight excluding hydrogens is 419 g/mol. The molecule has 4 rings (SSSR count). The lowest BCUT2D eigenvalue weighted by molar-refractivity contribution is 0.391. The van der Waals surface area contributed by atoms with Gasteiger partial charge in [0.1, 0.15) is 11.3 Å². The first-order valence-corrected chi connectivity index (χ1v) is 10.8. The standard InChI is InChI=1S/C18H15FN4O4S2/c1-23(2)29(24,25)13-7-8-15-14(9-13)20-18(26-15)28-10-16-21-17(22-27-16)11-3-5-12(19)6-4-11/h3-9H,10H2,1-2H3. The highest BCUT2D eigenvalue weighted by Gasteiger charge is 2.19. The van der Waals surface area contributed by atoms with E-state index in [-0.39, 0.29) is 10.7 Å². The molecule has 0 saturated carbocycles. The van der Waals surface area contributed by atoms with Crippen LogP contribution in [-0.4, -0.2) is 41.9 Å². The van der Waals surface area contributed by atoms with Crippen molar-refractivity contribution in [2.75, 3.05) is 14.1 Å². The van der Waals surface area contributed by atoms with Crippen molar-refractivity contribution in [3.63, 3.8) is 0 Å². The summed E-state index contributed by atoms with van der Waals surface area (Å²) in [6.45, 7) is 0. The molecule has 0 unspecified atom stereocenters. The summed E-state index contributed by atoms with van der Waals surface area (Å²) in [4.78, 5) is 8.73. The number of rotatable bonds is 6. The van der Waals surface area contributed by atoms with Gasteiger partial charge in [0, 0.05) is 19.7 Å². The number of hydrogen-bond acceptors (Lipinski definition) is 8. The average Bonchev–Trinajstić information content (AvgIpc) is 3.32. The van der Waals surface area contributed by atoms with E-state index in [4.69, 9.17) is 8.94 Å². The molecule has 0 bridgehead atoms. The number of aromatic nitrogens is 3. The van der Waals surface area contributed by atoms with Gasteiger partial charge in [0.15, 0.2) is 5.58 Å². The minimum absolute atomic E-state index is 0.140. The van der Waals surface area contributed by atoms with E-state index in [9.17, 15) is 12.8 Å². The van der Waals surface area contributed by atoms with Crippen molar-refractivity contribution in [3.05, 3.63) is 54.2 Å². The van der Waals surface area contributed by atoms with Gasteiger partial charge in [-0.15, -0.1) is 0 Å². The van der Waals surface area contributed by atoms with Gasteiger partial charge in [-0.2, -0.15) is 4.98 Å². The van der Waals surface area contributed by atoms with Crippen LogP contribution in [-0.2, 0) is 15.8 Å². The second-order valence-electron chi connectivity index (χ2n) is 6.20. The maximum Gasteiger partial charge on any atom is 0.257 e. The molecule has 0 aliphatic carbocycles. The first-order chi connectivity index (χ1) is 13.8. The van der Waals surface area contributed by atoms with Crippen molar-refractivity contribution in [1.29, 1.82) is 0 Å². The molecule has 11 heteroatoms. The number of hydrogen-bond donors (Lipinski definition) is 0. The van der Waals surface area contributed by atoms with E-state index in [1.807, 2.05) is 0 Å². The van der Waals surface area contributed by atoms with E-state index in [0.29, 0.717) is 39.4 Å². The van der Waals surface area contributed by atoms with Crippen LogP contribution in [0.2, 0.25) is 0 Å². The van der Waals surface area contributed by atoms with Gasteiger partial charge in [0.05, 0.1) is 10.6 Å². The second kappa shape index (κ2) is 7.58. The molecule has 0 amide bonds. The topological polar surface area (TPSA) is 102 Å². The Bertz CT molecular complexity index is 1270. The summed E-state index contributed by atoms with van der Waals surface area (Å²) in [5.41, 5.74) is 1.55. The van der Waals surface area contributed by atoms with Gasteiger partial charge in [0.25, 0.3) is 5.22 Å². The molecule has 0 N–H and O–H groups in total. The van der Waals surface area contributed by atoms with Crippen LogP contribution in [0.15, 0.2) is 61.5 Å². The Morgan fingerprint density at radius 2 is 1.86 bits per heavy atom. The lowest BCUT2D eigenvalue weighted by Crippen LogP contribution is -2.22. The van der Waals surface area contributed by atoms with Gasteiger partial charge >= 0.3 is 0 Å². The average molecular weight is 434 g/mol. The van der Waals surface area contributed by atoms with E-state index in [1.165, 1.54) is 50.1 Å². The van der Waals surface area contributed by atoms with Gasteiger partial charge in [-0.3, -0.25) is 0 Å². The summed E-state index contributed by atoms with van der Waals surface area (Å²) in [6.07, 6.45) is 0. The smallest absolute Gasteiger partial charge is 0.257 e. The lowest BCUT2D eigenvalue weighted by atomic mass is 10.2. The Balaban J connectivity index is 1.50. The molecule has 8 nitrogen and oxygen atoms in total. The monoisotopic (exact) mass is 434 g/mol. The van der Waals surface area contributed by atoms with Crippen LogP contribution in [0.25, 0.3) is 22.5 Å². The quantitative estimate of drug-likeness (QED) is 0.425. The van der Waals surface area contributed by atoms with Crippen LogP contribution >= 0.6 is 11.8 Å². The summed E-state index contributed by atoms with van der Waals surface area (Å²) in [7, 11) is -0.620. The molecule has 2 heterocycles. The highest BCUT2D eigenvalue weighted by molar-refractivity contribution is 7.98. The maximum atomic E-state index is 13.0. The fourth-order valence-electron chi connectivity index (χ4n) is 2.47. The summed E-state index contributed by atoms with van der Waals surface area (Å²) < 4.78 is 49.5. The van der Waals surface area contributed by atoms with Gasteiger partial charge in [0.2, 0.25) is 21.7 Å². The third kappa shape index (κ3) is 4.02. The summed E-state index contributed by atoms with van der Waals surface area (Å²) in [5, 5.41) is 4.23. The van der Waals surface area contributed by atoms with Crippen molar-refractivity contribution in [2.24, 2.45) is 0 Å². The van der Waals surface area contributed by atoms with E-state index in [2.05, 4.69) is 15.1 Å². The van der Waals surface area contributed by atoms with Crippen LogP contribution in [0.5, 0.6) is 0 Å². The highest BCUT2D eigenvalue weighted by Crippen LogP contribution is 2.28. The minimum Gasteiger partial charge on any atom is -0.431 e. The van der Waals surface area contributed by atoms with E-state index in [0.717, 1.165) is 4.31 Å². The zero-order chi connectivity index (χ0) is 20.6. The highest BCUT2D eigenvalue weighted by atomic mass is 32.2. The van der Waals surface area contributed by atoms with Crippen molar-refractivity contribution < 1.29 is 21.7 Å². The third-order valence-electron chi connectivity index (χ3n) is 4.01. The molecule has 0 atom stereocenters. The normalized spacial score (nSPS) is 12.1. The molecule has 2 aromatic heterocycles. The number of thioether (sulfide) groups is 1. The second-order valence-corrected chi connectivity index (χ2v) is 9.28. The minimum atomic E-state index is -3.55. The fraction of sp³-hybridized carbons (Fsp3) is 0.167. The summed E-state index contributed by atoms with van der Waals surface area (Å²) in [5.74, 6) is 0.679. The predicted molar refractivity (Wildman–Crippen MR) is 104 cm³/mol. The van der Waals surface area contributed by atoms with Crippen LogP contribution in [0.3, 0.4) is 0 Å². The molecule has 2 aromatic carbocycles. The fourth-order valence-corrected chi connectivity index (χ4v) is 4.07. The van der Waals surface area contributed by atoms with E-state index in [1.54, 1.807) is 18.2 Å². The molecular formula is C18H15FN4O4S2. The Morgan fingerprint density at radius 3 is 2.59 bits per heavy atom. The number of oxazole rings is 1. The van der Waals surface area contributed by atoms with Crippen molar-refractivity contribution >= 4 is 32.9 Å². The number of nitrogens with zero attached hydrogens (tertiary/aromatic N) is 4. The Morgan fingerprint density at radius 1 is 1.10 bits per heavy atom. The molecule has 0 aliphatic rings. The number of fused-ring (bicyclic) bond motifs is 1. The van der Waals surface area contributed by atoms with Gasteiger partial charge < -0.3 is 8.94 Å². The molecule has 29 heavy (non-hydrogen) atoms. The maximum absolute atomic E-state index is 13.0. The lowest BCUT2D eigenvalue weighted by Gasteiger charge is -2.10. The summed E-state index contributed by atoms with van der Waals surface area (Å²) >= 11 is 1.24.